The summed E-state index contributed by atoms with van der Waals surface area (Å²) in [5.41, 5.74) is 11.6. The van der Waals surface area contributed by atoms with Crippen LogP contribution in [-0.2, 0) is 33.1 Å². The number of carboxylic acid groups (broad SMARTS) is 2. The zero-order chi connectivity index (χ0) is 32.7. The molecule has 9 nitrogen and oxygen atoms in total. The predicted molar refractivity (Wildman–Crippen MR) is 183 cm³/mol. The Morgan fingerprint density at radius 2 is 1.30 bits per heavy atom. The van der Waals surface area contributed by atoms with Crippen LogP contribution in [0.2, 0.25) is 0 Å². The molecule has 5 heterocycles. The Kier molecular flexibility index (Phi) is 11.0. The fraction of sp³-hybridized carbons (Fsp3) is 0.353. The van der Waals surface area contributed by atoms with Crippen LogP contribution < -0.4 is 9.97 Å². The number of aliphatic carboxylic acids is 2. The Morgan fingerprint density at radius 3 is 1.93 bits per heavy atom. The molecule has 46 heavy (non-hydrogen) atoms. The number of rotatable bonds is 9. The average molecular weight is 701 g/mol. The molecule has 0 aliphatic carbocycles. The molecule has 0 spiro atoms. The van der Waals surface area contributed by atoms with Crippen molar-refractivity contribution >= 4 is 81.6 Å². The van der Waals surface area contributed by atoms with Crippen molar-refractivity contribution < 1.29 is 42.0 Å². The first-order valence-electron chi connectivity index (χ1n) is 14.8. The molecule has 2 aliphatic rings. The van der Waals surface area contributed by atoms with Crippen molar-refractivity contribution in [3.63, 3.8) is 0 Å². The summed E-state index contributed by atoms with van der Waals surface area (Å²) >= 11 is 9.13. The van der Waals surface area contributed by atoms with E-state index in [1.54, 1.807) is 0 Å². The van der Waals surface area contributed by atoms with Gasteiger partial charge in [0.05, 0.1) is 28.9 Å². The third kappa shape index (κ3) is 6.87. The van der Waals surface area contributed by atoms with Crippen LogP contribution in [-0.4, -0.2) is 48.2 Å². The molecule has 3 aromatic rings. The van der Waals surface area contributed by atoms with Crippen molar-refractivity contribution in [2.45, 2.75) is 71.7 Å². The van der Waals surface area contributed by atoms with Crippen molar-refractivity contribution in [1.29, 1.82) is 0 Å². The molecule has 0 amide bonds. The van der Waals surface area contributed by atoms with Gasteiger partial charge in [-0.3, -0.25) is 9.59 Å². The van der Waals surface area contributed by atoms with Crippen molar-refractivity contribution in [3.8, 4) is 0 Å². The molecule has 2 atom stereocenters. The van der Waals surface area contributed by atoms with Gasteiger partial charge in [0.1, 0.15) is 0 Å². The van der Waals surface area contributed by atoms with Crippen molar-refractivity contribution in [2.24, 2.45) is 0 Å². The standard InChI is InChI=1S/C34H38N4O5S2.Fe/c1-15-20(6-8-31(40)41)26-13-27-21(7-9-32(42)43)16(2)23(36-27)11-28-33(19(5)45)17(3)25(37-28)12-29-34(30(39)14-44)18(4)24(38-29)10-22(15)35-26;/h10-13,19,30,39H,6-9,14H2,1-5H3,(H6,35,36,37,38,40,41,42,43,44,45);/q;+2/p-2/t19-,30-;/m0./s1. The van der Waals surface area contributed by atoms with E-state index in [2.05, 4.69) is 12.6 Å². The van der Waals surface area contributed by atoms with Gasteiger partial charge in [-0.15, -0.1) is 22.1 Å². The predicted octanol–water partition coefficient (Wildman–Crippen LogP) is 6.21. The maximum Gasteiger partial charge on any atom is 2.00 e. The summed E-state index contributed by atoms with van der Waals surface area (Å²) in [5.74, 6) is -1.62. The van der Waals surface area contributed by atoms with Gasteiger partial charge < -0.3 is 25.3 Å². The van der Waals surface area contributed by atoms with E-state index < -0.39 is 18.0 Å². The monoisotopic (exact) mass is 700 g/mol. The summed E-state index contributed by atoms with van der Waals surface area (Å²) in [4.78, 5) is 43.0. The van der Waals surface area contributed by atoms with Gasteiger partial charge in [0, 0.05) is 23.8 Å². The number of aliphatic hydroxyl groups is 1. The van der Waals surface area contributed by atoms with Crippen LogP contribution >= 0.6 is 25.3 Å². The van der Waals surface area contributed by atoms with Crippen LogP contribution in [0.1, 0.15) is 91.2 Å². The quantitative estimate of drug-likeness (QED) is 0.130. The Hall–Kier alpha value is -3.28. The smallest absolute Gasteiger partial charge is 0.657 e. The summed E-state index contributed by atoms with van der Waals surface area (Å²) in [6.07, 6.45) is -0.473. The van der Waals surface area contributed by atoms with Crippen LogP contribution in [0.3, 0.4) is 0 Å². The summed E-state index contributed by atoms with van der Waals surface area (Å²) in [6.45, 7) is 9.70. The van der Waals surface area contributed by atoms with Crippen LogP contribution in [0.15, 0.2) is 24.3 Å². The van der Waals surface area contributed by atoms with E-state index in [0.29, 0.717) is 50.4 Å². The van der Waals surface area contributed by atoms with Gasteiger partial charge in [0.15, 0.2) is 0 Å². The van der Waals surface area contributed by atoms with E-state index in [9.17, 15) is 24.9 Å². The third-order valence-electron chi connectivity index (χ3n) is 8.58. The molecule has 0 saturated carbocycles. The number of thiol groups is 2. The van der Waals surface area contributed by atoms with Crippen molar-refractivity contribution in [1.82, 2.24) is 19.9 Å². The van der Waals surface area contributed by atoms with Gasteiger partial charge in [-0.25, -0.2) is 9.97 Å². The molecule has 3 N–H and O–H groups in total. The summed E-state index contributed by atoms with van der Waals surface area (Å²) < 4.78 is 0. The minimum atomic E-state index is -0.920. The molecule has 3 aromatic heterocycles. The molecule has 8 bridgehead atoms. The van der Waals surface area contributed by atoms with Gasteiger partial charge >= 0.3 is 29.0 Å². The molecule has 0 unspecified atom stereocenters. The Labute approximate surface area is 289 Å². The number of carbonyl (C=O) groups is 2. The van der Waals surface area contributed by atoms with Gasteiger partial charge in [-0.2, -0.15) is 25.3 Å². The summed E-state index contributed by atoms with van der Waals surface area (Å²) in [5, 5.41) is 29.8. The molecule has 0 fully saturated rings. The zero-order valence-corrected chi connectivity index (χ0v) is 29.1. The molecule has 242 valence electrons. The van der Waals surface area contributed by atoms with Crippen molar-refractivity contribution in [3.05, 3.63) is 69.3 Å². The first-order chi connectivity index (χ1) is 21.3. The van der Waals surface area contributed by atoms with Crippen molar-refractivity contribution in [2.75, 3.05) is 5.75 Å². The number of hydrogen-bond donors (Lipinski definition) is 5. The van der Waals surface area contributed by atoms with E-state index in [1.165, 1.54) is 0 Å². The minimum Gasteiger partial charge on any atom is -0.657 e. The first kappa shape index (κ1) is 35.6. The van der Waals surface area contributed by atoms with E-state index >= 15 is 0 Å². The average Bonchev–Trinajstić information content (AvgIpc) is 3.63. The summed E-state index contributed by atoms with van der Waals surface area (Å²) in [6, 6.07) is 7.47. The fourth-order valence-electron chi connectivity index (χ4n) is 6.14. The Balaban J connectivity index is 0.00000480. The normalized spacial score (nSPS) is 14.3. The van der Waals surface area contributed by atoms with Crippen LogP contribution in [0.4, 0.5) is 0 Å². The molecule has 0 aromatic carbocycles. The van der Waals surface area contributed by atoms with Crippen LogP contribution in [0, 0.1) is 13.8 Å². The van der Waals surface area contributed by atoms with Crippen LogP contribution in [0.25, 0.3) is 44.4 Å². The van der Waals surface area contributed by atoms with Gasteiger partial charge in [0.25, 0.3) is 0 Å². The van der Waals surface area contributed by atoms with Gasteiger partial charge in [-0.1, -0.05) is 41.0 Å². The molecular weight excluding hydrogens is 664 g/mol. The minimum absolute atomic E-state index is 0. The van der Waals surface area contributed by atoms with E-state index in [1.807, 2.05) is 58.9 Å². The number of aliphatic hydroxyl groups excluding tert-OH is 1. The van der Waals surface area contributed by atoms with E-state index in [-0.39, 0.29) is 53.8 Å². The molecule has 0 radical (unpaired) electrons. The number of carboxylic acids is 2. The second-order valence-electron chi connectivity index (χ2n) is 11.6. The van der Waals surface area contributed by atoms with Crippen LogP contribution in [0.5, 0.6) is 0 Å². The maximum atomic E-state index is 11.6. The number of aromatic nitrogens is 4. The molecule has 12 heteroatoms. The Bertz CT molecular complexity index is 1960. The van der Waals surface area contributed by atoms with Gasteiger partial charge in [-0.05, 0) is 75.3 Å². The number of aryl methyl sites for hydroxylation is 3. The summed E-state index contributed by atoms with van der Waals surface area (Å²) in [7, 11) is 0. The molecular formula is C34H36FeN4O5S2. The molecule has 5 rings (SSSR count). The second kappa shape index (κ2) is 14.2. The van der Waals surface area contributed by atoms with E-state index in [0.717, 1.165) is 39.0 Å². The number of allylic oxidation sites excluding steroid dienone is 3. The third-order valence-corrected chi connectivity index (χ3v) is 9.18. The number of hydrogen-bond acceptors (Lipinski definition) is 7. The largest absolute Gasteiger partial charge is 2.00 e. The molecule has 0 saturated heterocycles. The molecule has 2 aliphatic heterocycles. The topological polar surface area (TPSA) is 149 Å². The second-order valence-corrected chi connectivity index (χ2v) is 12.7. The maximum absolute atomic E-state index is 11.6. The zero-order valence-electron chi connectivity index (χ0n) is 26.2. The SMILES string of the molecule is CC1=C(CCC(=O)O)c2cc3[n-]c(cc4nc(cc5[n-]c(cc1n2)c(C)c5[C@@H](O)CS)C(C)=C4[C@H](C)S)c(C)c3CCC(=O)O.[Fe+2]. The van der Waals surface area contributed by atoms with E-state index in [4.69, 9.17) is 32.6 Å². The number of fused-ring (bicyclic) bond motifs is 8. The fourth-order valence-corrected chi connectivity index (χ4v) is 6.65. The van der Waals surface area contributed by atoms with Gasteiger partial charge in [0.2, 0.25) is 0 Å². The first-order valence-corrected chi connectivity index (χ1v) is 15.9. The Morgan fingerprint density at radius 1 is 0.783 bits per heavy atom. The number of nitrogens with zero attached hydrogens (tertiary/aromatic N) is 4.